The maximum absolute atomic E-state index is 14.0. The third-order valence-electron chi connectivity index (χ3n) is 18.7. The van der Waals surface area contributed by atoms with E-state index in [9.17, 15) is 105 Å². The van der Waals surface area contributed by atoms with Gasteiger partial charge in [0, 0.05) is 56.9 Å². The second kappa shape index (κ2) is 39.5. The maximum atomic E-state index is 14.0. The first-order valence-electron chi connectivity index (χ1n) is 36.4. The van der Waals surface area contributed by atoms with Crippen LogP contribution in [0.1, 0.15) is 45.8 Å². The number of hydrogen-bond acceptors (Lipinski definition) is 18. The topological polar surface area (TPSA) is 403 Å². The van der Waals surface area contributed by atoms with Crippen LogP contribution in [0, 0.1) is 19.7 Å². The van der Waals surface area contributed by atoms with E-state index in [0.717, 1.165) is 74.0 Å². The van der Waals surface area contributed by atoms with Gasteiger partial charge in [-0.05, 0) is 182 Å². The van der Waals surface area contributed by atoms with Crippen molar-refractivity contribution in [3.05, 3.63) is 283 Å². The average Bonchev–Trinajstić information content (AvgIpc) is 1.24. The number of carboxylic acid groups (broad SMARTS) is 3. The molecule has 0 radical (unpaired) electrons. The van der Waals surface area contributed by atoms with Crippen LogP contribution >= 0.6 is 34.8 Å². The predicted octanol–water partition coefficient (Wildman–Crippen LogP) is 18.7. The zero-order chi connectivity index (χ0) is 96.0. The minimum absolute atomic E-state index is 0.0106. The molecule has 130 heavy (non-hydrogen) atoms. The van der Waals surface area contributed by atoms with Gasteiger partial charge in [0.2, 0.25) is 30.1 Å². The van der Waals surface area contributed by atoms with E-state index < -0.39 is 131 Å². The number of nitrogens with one attached hydrogen (secondary N) is 2. The number of rotatable bonds is 14. The Balaban J connectivity index is 0.000000163. The summed E-state index contributed by atoms with van der Waals surface area (Å²) in [5.41, 5.74) is 3.73. The van der Waals surface area contributed by atoms with Crippen molar-refractivity contribution in [1.82, 2.24) is 29.7 Å². The Morgan fingerprint density at radius 1 is 0.515 bits per heavy atom. The molecule has 15 rings (SSSR count). The van der Waals surface area contributed by atoms with Crippen molar-refractivity contribution in [3.63, 3.8) is 0 Å². The molecular formula is C83H64Cl3F15N12O14S3. The minimum atomic E-state index is -4.72. The number of methoxy groups -OCH3 is 1. The van der Waals surface area contributed by atoms with E-state index in [1.54, 1.807) is 36.4 Å². The number of alkyl halides is 14. The lowest BCUT2D eigenvalue weighted by atomic mass is 9.95. The zero-order valence-electron chi connectivity index (χ0n) is 66.4. The minimum Gasteiger partial charge on any atom is -0.494 e. The zero-order valence-corrected chi connectivity index (χ0v) is 71.1. The van der Waals surface area contributed by atoms with Crippen molar-refractivity contribution in [2.24, 2.45) is 15.4 Å². The number of carbonyl (C=O) groups is 3. The van der Waals surface area contributed by atoms with Crippen LogP contribution in [0.4, 0.5) is 83.0 Å². The highest BCUT2D eigenvalue weighted by Crippen LogP contribution is 2.44. The van der Waals surface area contributed by atoms with Crippen molar-refractivity contribution >= 4 is 118 Å². The highest BCUT2D eigenvalue weighted by Gasteiger charge is 2.50. The summed E-state index contributed by atoms with van der Waals surface area (Å²) in [7, 11) is -8.98. The molecular weight excluding hydrogens is 1880 g/mol. The first kappa shape index (κ1) is 99.1. The van der Waals surface area contributed by atoms with Crippen LogP contribution in [0.3, 0.4) is 0 Å². The number of anilines is 3. The predicted molar refractivity (Wildman–Crippen MR) is 450 cm³/mol. The van der Waals surface area contributed by atoms with Gasteiger partial charge in [-0.2, -0.15) is 62.9 Å². The smallest absolute Gasteiger partial charge is 0.435 e. The number of nitrogens with two attached hydrogens (primary N) is 3. The number of aryl methyl sites for hydroxylation is 2. The van der Waals surface area contributed by atoms with Crippen molar-refractivity contribution in [2.45, 2.75) is 77.8 Å². The number of aliphatic carboxylic acids is 3. The van der Waals surface area contributed by atoms with Gasteiger partial charge in [0.05, 0.1) is 71.9 Å². The Labute approximate surface area is 742 Å². The fourth-order valence-corrected chi connectivity index (χ4v) is 14.8. The fraction of sp³-hybridized carbons (Fsp3) is 0.145. The van der Waals surface area contributed by atoms with E-state index in [0.29, 0.717) is 43.7 Å². The monoisotopic (exact) mass is 1940 g/mol. The van der Waals surface area contributed by atoms with Crippen molar-refractivity contribution in [2.75, 3.05) is 29.7 Å². The van der Waals surface area contributed by atoms with Gasteiger partial charge in [-0.3, -0.25) is 0 Å². The van der Waals surface area contributed by atoms with E-state index in [-0.39, 0.29) is 65.3 Å². The van der Waals surface area contributed by atoms with Crippen molar-refractivity contribution in [1.29, 1.82) is 0 Å². The highest BCUT2D eigenvalue weighted by molar-refractivity contribution is 7.89. The van der Waals surface area contributed by atoms with E-state index in [1.807, 2.05) is 44.2 Å². The van der Waals surface area contributed by atoms with Gasteiger partial charge in [0.1, 0.15) is 23.0 Å². The third-order valence-corrected chi connectivity index (χ3v) is 22.2. The SMILES string of the molecule is CN1c2ccc(Cl)cc2C=C(C(=O)O)C1C(F)(F)F.COc1ccc(-c2cc(C(F)F)nn2-c2ccc(S(N)(=O)=O)cc2)cc1F.Cc1ccc(-c2cc(C(F)(F)F)nn2-c2ccc(S(N)(=O)=O)cc2)cc1.Cc1onc(-c2ccccc2)c1-c1ccc(S(N)(=O)=O)cc1.O=C(O)C1=Cc2cc(Cl)ccc2N[C@@H]1C(F)(F)F.O=C(O)C1=Cc2cc(Cl)cnc2NC1C(F)(F)F. The number of halogens is 18. The van der Waals surface area contributed by atoms with Crippen molar-refractivity contribution in [3.8, 4) is 62.0 Å². The maximum Gasteiger partial charge on any atom is 0.435 e. The lowest BCUT2D eigenvalue weighted by Gasteiger charge is -2.36. The molecule has 11 N–H and O–H groups in total. The molecule has 4 aromatic heterocycles. The van der Waals surface area contributed by atoms with Gasteiger partial charge in [-0.25, -0.2) is 82.6 Å². The molecule has 2 unspecified atom stereocenters. The second-order valence-corrected chi connectivity index (χ2v) is 33.7. The number of primary sulfonamides is 3. The van der Waals surface area contributed by atoms with Gasteiger partial charge >= 0.3 is 42.6 Å². The Hall–Kier alpha value is -13.1. The van der Waals surface area contributed by atoms with Gasteiger partial charge in [0.25, 0.3) is 6.43 Å². The summed E-state index contributed by atoms with van der Waals surface area (Å²) in [6.45, 7) is 3.69. The average molecular weight is 1940 g/mol. The van der Waals surface area contributed by atoms with Crippen LogP contribution in [0.15, 0.2) is 242 Å². The molecule has 0 aliphatic carbocycles. The van der Waals surface area contributed by atoms with Gasteiger partial charge < -0.3 is 40.1 Å². The van der Waals surface area contributed by atoms with Crippen LogP contribution in [-0.4, -0.2) is 139 Å². The summed E-state index contributed by atoms with van der Waals surface area (Å²) in [6, 6.07) is 42.6. The van der Waals surface area contributed by atoms with Crippen LogP contribution < -0.4 is 35.7 Å². The molecule has 0 saturated heterocycles. The number of nitrogens with zero attached hydrogens (tertiary/aromatic N) is 7. The van der Waals surface area contributed by atoms with Crippen LogP contribution in [-0.2, 0) is 50.6 Å². The summed E-state index contributed by atoms with van der Waals surface area (Å²) in [5, 5.41) is 58.5. The van der Waals surface area contributed by atoms with E-state index in [2.05, 4.69) is 31.0 Å². The molecule has 26 nitrogen and oxygen atoms in total. The normalized spacial score (nSPS) is 14.8. The van der Waals surface area contributed by atoms with E-state index in [4.69, 9.17) is 74.8 Å². The number of ether oxygens (including phenoxy) is 1. The Morgan fingerprint density at radius 3 is 1.46 bits per heavy atom. The quantitative estimate of drug-likeness (QED) is 0.0469. The molecule has 0 bridgehead atoms. The van der Waals surface area contributed by atoms with Crippen molar-refractivity contribution < 1.29 is 130 Å². The van der Waals surface area contributed by atoms with Crippen LogP contribution in [0.5, 0.6) is 5.75 Å². The molecule has 684 valence electrons. The molecule has 0 spiro atoms. The molecule has 12 aromatic rings. The Morgan fingerprint density at radius 2 is 0.977 bits per heavy atom. The number of aromatic nitrogens is 6. The molecule has 0 amide bonds. The molecule has 0 saturated carbocycles. The van der Waals surface area contributed by atoms with Crippen LogP contribution in [0.2, 0.25) is 15.1 Å². The number of fused-ring (bicyclic) bond motifs is 3. The molecule has 8 aromatic carbocycles. The number of sulfonamides is 3. The lowest BCUT2D eigenvalue weighted by Crippen LogP contribution is -2.48. The molecule has 47 heteroatoms. The largest absolute Gasteiger partial charge is 0.494 e. The summed E-state index contributed by atoms with van der Waals surface area (Å²) in [4.78, 5) is 37.1. The van der Waals surface area contributed by atoms with Gasteiger partial charge in [-0.1, -0.05) is 112 Å². The molecule has 3 aliphatic heterocycles. The number of likely N-dealkylation sites (N-methyl/N-ethyl adjacent to an activating group) is 1. The van der Waals surface area contributed by atoms with Gasteiger partial charge in [-0.15, -0.1) is 0 Å². The molecule has 3 aliphatic rings. The third kappa shape index (κ3) is 24.3. The Kier molecular flexibility index (Phi) is 30.1. The van der Waals surface area contributed by atoms with Gasteiger partial charge in [0.15, 0.2) is 35.4 Å². The first-order chi connectivity index (χ1) is 60.5. The first-order valence-corrected chi connectivity index (χ1v) is 42.2. The summed E-state index contributed by atoms with van der Waals surface area (Å²) in [6.07, 6.45) is -17.4. The number of pyridine rings is 1. The van der Waals surface area contributed by atoms with E-state index >= 15 is 0 Å². The lowest BCUT2D eigenvalue weighted by molar-refractivity contribution is -0.150. The Bertz CT molecular complexity index is 6610. The number of hydrogen-bond donors (Lipinski definition) is 8. The summed E-state index contributed by atoms with van der Waals surface area (Å²) >= 11 is 17.1. The van der Waals surface area contributed by atoms with Crippen LogP contribution in [0.25, 0.3) is 74.5 Å². The highest BCUT2D eigenvalue weighted by atomic mass is 35.5. The standard InChI is InChI=1S/C17H14F3N3O3S.C17H14F3N3O2S.C16H14N2O3S.C12H9ClF3NO2.C11H7ClF3NO2.C10H6ClF3N2O2/c1-26-16-7-2-10(8-13(16)18)15-9-14(17(19)20)22-23(15)11-3-5-12(6-4-11)27(21,24)25;1-11-2-4-12(5-3-11)15-10-16(17(18,19)20)22-23(15)13-6-8-14(9-7-13)26(21,24)25;1-11-15(12-7-9-14(10-8-12)22(17,19)20)16(18-21-11)13-5-3-2-4-6-13;1-17-9-3-2-7(13)4-6(9)5-8(11(18)19)10(17)12(14,15)16;12-6-1-2-8-5(3-6)4-7(10(17)18)9(16-8)11(13,14)15;11-5-1-4-2-6(9(17)18)7(10(12,13)14)16-8(4)15-3-5/h2-9,17H,1H3,(H2,21,24,25);2-10H,1H3,(H2,21,24,25);2-10H,1H3,(H2,17,19,20);2-5,10H,1H3,(H,18,19);1-4,9,16H,(H,17,18);1-3,7H,(H,15,16)(H,17,18)/t;;;;9-;/m....0./s1. The number of benzene rings is 8. The number of carboxylic acids is 3. The molecule has 0 fully saturated rings. The molecule has 7 heterocycles. The summed E-state index contributed by atoms with van der Waals surface area (Å²) < 4.78 is 276. The molecule has 3 atom stereocenters. The van der Waals surface area contributed by atoms with E-state index in [1.165, 1.54) is 140 Å². The second-order valence-electron chi connectivity index (χ2n) is 27.7. The fourth-order valence-electron chi connectivity index (χ4n) is 12.7. The summed E-state index contributed by atoms with van der Waals surface area (Å²) in [5.74, 6) is -4.89.